The minimum atomic E-state index is -1.26. The van der Waals surface area contributed by atoms with Crippen molar-refractivity contribution in [2.75, 3.05) is 6.61 Å². The van der Waals surface area contributed by atoms with Crippen molar-refractivity contribution in [3.63, 3.8) is 0 Å². The maximum Gasteiger partial charge on any atom is 0.304 e. The summed E-state index contributed by atoms with van der Waals surface area (Å²) in [6.07, 6.45) is -4.58. The number of ether oxygens (including phenoxy) is 5. The molecule has 1 heterocycles. The summed E-state index contributed by atoms with van der Waals surface area (Å²) < 4.78 is 25.5. The highest BCUT2D eigenvalue weighted by Gasteiger charge is 2.50. The Morgan fingerprint density at radius 1 is 0.833 bits per heavy atom. The van der Waals surface area contributed by atoms with Crippen LogP contribution < -0.4 is 5.73 Å². The fourth-order valence-electron chi connectivity index (χ4n) is 2.20. The molecule has 10 nitrogen and oxygen atoms in total. The van der Waals surface area contributed by atoms with Crippen LogP contribution in [0.4, 0.5) is 0 Å². The number of hydrogen-bond acceptors (Lipinski definition) is 10. The Morgan fingerprint density at radius 3 is 1.79 bits per heavy atom. The fraction of sp³-hybridized carbons (Fsp3) is 0.714. The Labute approximate surface area is 138 Å². The first kappa shape index (κ1) is 19.8. The van der Waals surface area contributed by atoms with Crippen molar-refractivity contribution < 1.29 is 42.9 Å². The molecular weight excluding hydrogens is 326 g/mol. The lowest BCUT2D eigenvalue weighted by molar-refractivity contribution is -0.267. The van der Waals surface area contributed by atoms with Crippen LogP contribution in [0.15, 0.2) is 0 Å². The van der Waals surface area contributed by atoms with E-state index in [1.165, 1.54) is 6.92 Å². The van der Waals surface area contributed by atoms with Gasteiger partial charge < -0.3 is 29.4 Å². The Hall–Kier alpha value is -2.20. The molecule has 0 bridgehead atoms. The highest BCUT2D eigenvalue weighted by atomic mass is 16.7. The summed E-state index contributed by atoms with van der Waals surface area (Å²) in [5, 5.41) is 0. The predicted molar refractivity (Wildman–Crippen MR) is 76.1 cm³/mol. The Balaban J connectivity index is 3.08. The van der Waals surface area contributed by atoms with E-state index >= 15 is 0 Å². The van der Waals surface area contributed by atoms with Crippen molar-refractivity contribution in [1.82, 2.24) is 0 Å². The molecule has 0 radical (unpaired) electrons. The summed E-state index contributed by atoms with van der Waals surface area (Å²) >= 11 is 0. The molecule has 0 aliphatic carbocycles. The molecule has 24 heavy (non-hydrogen) atoms. The van der Waals surface area contributed by atoms with E-state index < -0.39 is 54.5 Å². The molecule has 10 heteroatoms. The van der Waals surface area contributed by atoms with Gasteiger partial charge in [0, 0.05) is 27.7 Å². The third-order valence-electron chi connectivity index (χ3n) is 3.03. The number of hydrogen-bond donors (Lipinski definition) is 1. The van der Waals surface area contributed by atoms with Crippen LogP contribution >= 0.6 is 0 Å². The molecule has 1 rings (SSSR count). The minimum absolute atomic E-state index is 0.310. The van der Waals surface area contributed by atoms with Crippen molar-refractivity contribution in [1.29, 1.82) is 0 Å². The monoisotopic (exact) mass is 347 g/mol. The molecule has 2 N–H and O–H groups in total. The topological polar surface area (TPSA) is 140 Å². The SMILES string of the molecule is CC(=O)OCC1O[C@H](OC(C)=O)[C@@H](N)[C@@H](OC(C)=O)[C@H]1OC(C)=O. The van der Waals surface area contributed by atoms with Gasteiger partial charge in [-0.25, -0.2) is 0 Å². The van der Waals surface area contributed by atoms with E-state index in [-0.39, 0.29) is 6.61 Å². The van der Waals surface area contributed by atoms with E-state index in [4.69, 9.17) is 29.4 Å². The molecule has 1 fully saturated rings. The normalized spacial score (nSPS) is 29.3. The van der Waals surface area contributed by atoms with Gasteiger partial charge in [-0.2, -0.15) is 0 Å². The molecule has 0 aromatic rings. The maximum absolute atomic E-state index is 11.3. The zero-order valence-corrected chi connectivity index (χ0v) is 13.8. The molecule has 1 unspecified atom stereocenters. The molecule has 0 aromatic heterocycles. The zero-order valence-electron chi connectivity index (χ0n) is 13.8. The second-order valence-corrected chi connectivity index (χ2v) is 5.18. The van der Waals surface area contributed by atoms with Gasteiger partial charge in [0.15, 0.2) is 12.2 Å². The van der Waals surface area contributed by atoms with E-state index in [0.717, 1.165) is 20.8 Å². The van der Waals surface area contributed by atoms with Gasteiger partial charge in [-0.3, -0.25) is 19.2 Å². The smallest absolute Gasteiger partial charge is 0.304 e. The molecule has 0 saturated carbocycles. The standard InChI is InChI=1S/C14H21NO9/c1-6(16)20-5-10-12(21-7(2)17)13(22-8(3)18)11(15)14(24-10)23-9(4)19/h10-14H,5,15H2,1-4H3/t10?,11-,12-,13+,14-/m0/s1. The average molecular weight is 347 g/mol. The zero-order chi connectivity index (χ0) is 18.4. The first-order chi connectivity index (χ1) is 11.1. The summed E-state index contributed by atoms with van der Waals surface area (Å²) in [5.41, 5.74) is 5.93. The number of carbonyl (C=O) groups excluding carboxylic acids is 4. The molecule has 0 aromatic carbocycles. The predicted octanol–water partition coefficient (Wildman–Crippen LogP) is -0.972. The summed E-state index contributed by atoms with van der Waals surface area (Å²) in [6.45, 7) is 4.32. The van der Waals surface area contributed by atoms with Crippen molar-refractivity contribution in [3.8, 4) is 0 Å². The van der Waals surface area contributed by atoms with E-state index in [0.29, 0.717) is 0 Å². The van der Waals surface area contributed by atoms with Crippen LogP contribution in [0, 0.1) is 0 Å². The van der Waals surface area contributed by atoms with Gasteiger partial charge in [-0.1, -0.05) is 0 Å². The van der Waals surface area contributed by atoms with Gasteiger partial charge in [0.05, 0.1) is 0 Å². The molecule has 0 spiro atoms. The summed E-state index contributed by atoms with van der Waals surface area (Å²) in [7, 11) is 0. The molecule has 1 saturated heterocycles. The number of nitrogens with two attached hydrogens (primary N) is 1. The van der Waals surface area contributed by atoms with E-state index in [1.807, 2.05) is 0 Å². The van der Waals surface area contributed by atoms with E-state index in [9.17, 15) is 19.2 Å². The van der Waals surface area contributed by atoms with Gasteiger partial charge in [-0.05, 0) is 0 Å². The summed E-state index contributed by atoms with van der Waals surface area (Å²) in [4.78, 5) is 44.9. The molecule has 136 valence electrons. The lowest BCUT2D eigenvalue weighted by atomic mass is 9.97. The van der Waals surface area contributed by atoms with Crippen molar-refractivity contribution >= 4 is 23.9 Å². The van der Waals surface area contributed by atoms with E-state index in [2.05, 4.69) is 0 Å². The van der Waals surface area contributed by atoms with Crippen LogP contribution in [0.5, 0.6) is 0 Å². The molecule has 5 atom stereocenters. The van der Waals surface area contributed by atoms with Crippen LogP contribution in [-0.2, 0) is 42.9 Å². The quantitative estimate of drug-likeness (QED) is 0.487. The number of esters is 4. The third-order valence-corrected chi connectivity index (χ3v) is 3.03. The van der Waals surface area contributed by atoms with Gasteiger partial charge in [0.2, 0.25) is 6.29 Å². The van der Waals surface area contributed by atoms with Crippen molar-refractivity contribution in [2.24, 2.45) is 5.73 Å². The lowest BCUT2D eigenvalue weighted by Gasteiger charge is -2.42. The fourth-order valence-corrected chi connectivity index (χ4v) is 2.20. The highest BCUT2D eigenvalue weighted by Crippen LogP contribution is 2.26. The highest BCUT2D eigenvalue weighted by molar-refractivity contribution is 5.68. The molecule has 1 aliphatic rings. The van der Waals surface area contributed by atoms with Crippen LogP contribution in [0.25, 0.3) is 0 Å². The Morgan fingerprint density at radius 2 is 1.33 bits per heavy atom. The third kappa shape index (κ3) is 5.78. The van der Waals surface area contributed by atoms with Gasteiger partial charge >= 0.3 is 23.9 Å². The molecule has 0 amide bonds. The van der Waals surface area contributed by atoms with Gasteiger partial charge in [0.1, 0.15) is 18.8 Å². The second-order valence-electron chi connectivity index (χ2n) is 5.18. The van der Waals surface area contributed by atoms with Crippen LogP contribution in [0.3, 0.4) is 0 Å². The van der Waals surface area contributed by atoms with Crippen molar-refractivity contribution in [3.05, 3.63) is 0 Å². The lowest BCUT2D eigenvalue weighted by Crippen LogP contribution is -2.65. The Kier molecular flexibility index (Phi) is 7.11. The Bertz CT molecular complexity index is 490. The van der Waals surface area contributed by atoms with Gasteiger partial charge in [-0.15, -0.1) is 0 Å². The average Bonchev–Trinajstić information content (AvgIpc) is 2.42. The number of rotatable bonds is 5. The van der Waals surface area contributed by atoms with Crippen LogP contribution in [0.1, 0.15) is 27.7 Å². The summed E-state index contributed by atoms with van der Waals surface area (Å²) in [5.74, 6) is -2.62. The van der Waals surface area contributed by atoms with E-state index in [1.54, 1.807) is 0 Å². The largest absolute Gasteiger partial charge is 0.463 e. The second kappa shape index (κ2) is 8.60. The molecular formula is C14H21NO9. The van der Waals surface area contributed by atoms with Gasteiger partial charge in [0.25, 0.3) is 0 Å². The van der Waals surface area contributed by atoms with Crippen LogP contribution in [0.2, 0.25) is 0 Å². The van der Waals surface area contributed by atoms with Crippen LogP contribution in [-0.4, -0.2) is 61.1 Å². The van der Waals surface area contributed by atoms with Crippen molar-refractivity contribution in [2.45, 2.75) is 58.3 Å². The number of carbonyl (C=O) groups is 4. The minimum Gasteiger partial charge on any atom is -0.463 e. The first-order valence-electron chi connectivity index (χ1n) is 7.18. The maximum atomic E-state index is 11.3. The first-order valence-corrected chi connectivity index (χ1v) is 7.18. The summed E-state index contributed by atoms with van der Waals surface area (Å²) in [6, 6.07) is -1.10. The molecule has 1 aliphatic heterocycles.